The molecule has 0 aromatic carbocycles. The molecular formula is C26H36N8O2S. The molecule has 4 atom stereocenters. The molecule has 2 aromatic heterocycles. The molecule has 10 nitrogen and oxygen atoms in total. The third-order valence-corrected chi connectivity index (χ3v) is 9.51. The third kappa shape index (κ3) is 4.84. The fraction of sp³-hybridized carbons (Fsp3) is 0.615. The number of likely N-dealkylation sites (N-methyl/N-ethyl adjacent to an activating group) is 1. The number of fused-ring (bicyclic) bond motifs is 2. The zero-order chi connectivity index (χ0) is 25.9. The van der Waals surface area contributed by atoms with E-state index in [0.717, 1.165) is 67.3 Å². The van der Waals surface area contributed by atoms with E-state index in [1.165, 1.54) is 6.26 Å². The molecule has 4 aliphatic rings. The lowest BCUT2D eigenvalue weighted by Gasteiger charge is -2.35. The number of allylic oxidation sites excluding steroid dienone is 1. The van der Waals surface area contributed by atoms with E-state index in [1.807, 2.05) is 12.3 Å². The van der Waals surface area contributed by atoms with E-state index in [2.05, 4.69) is 46.7 Å². The van der Waals surface area contributed by atoms with Gasteiger partial charge in [-0.15, -0.1) is 0 Å². The molecule has 4 unspecified atom stereocenters. The number of piperazine rings is 1. The summed E-state index contributed by atoms with van der Waals surface area (Å²) in [5.74, 6) is 2.33. The second-order valence-corrected chi connectivity index (χ2v) is 13.6. The highest BCUT2D eigenvalue weighted by atomic mass is 32.2. The van der Waals surface area contributed by atoms with Gasteiger partial charge in [0.1, 0.15) is 11.4 Å². The molecule has 2 saturated heterocycles. The molecule has 0 spiro atoms. The Morgan fingerprint density at radius 1 is 1.19 bits per heavy atom. The molecule has 3 fully saturated rings. The molecule has 0 radical (unpaired) electrons. The molecule has 198 valence electrons. The second-order valence-electron chi connectivity index (χ2n) is 11.6. The van der Waals surface area contributed by atoms with Gasteiger partial charge in [-0.3, -0.25) is 4.99 Å². The van der Waals surface area contributed by atoms with E-state index in [-0.39, 0.29) is 17.4 Å². The summed E-state index contributed by atoms with van der Waals surface area (Å²) in [6.07, 6.45) is 9.10. The van der Waals surface area contributed by atoms with Crippen molar-refractivity contribution in [3.05, 3.63) is 30.2 Å². The van der Waals surface area contributed by atoms with E-state index in [1.54, 1.807) is 10.5 Å². The first-order valence-electron chi connectivity index (χ1n) is 13.2. The Balaban J connectivity index is 1.44. The summed E-state index contributed by atoms with van der Waals surface area (Å²) in [5, 5.41) is 0. The molecule has 0 amide bonds. The average Bonchev–Trinajstić information content (AvgIpc) is 3.30. The Bertz CT molecular complexity index is 1400. The second kappa shape index (κ2) is 8.99. The van der Waals surface area contributed by atoms with Gasteiger partial charge in [-0.1, -0.05) is 19.9 Å². The molecule has 2 aromatic rings. The van der Waals surface area contributed by atoms with Crippen LogP contribution in [0.3, 0.4) is 0 Å². The van der Waals surface area contributed by atoms with E-state index in [4.69, 9.17) is 15.0 Å². The van der Waals surface area contributed by atoms with Crippen molar-refractivity contribution < 1.29 is 8.42 Å². The van der Waals surface area contributed by atoms with Crippen LogP contribution in [0.15, 0.2) is 34.5 Å². The van der Waals surface area contributed by atoms with Crippen molar-refractivity contribution in [1.82, 2.24) is 29.1 Å². The summed E-state index contributed by atoms with van der Waals surface area (Å²) >= 11 is 0. The number of nitrogens with zero attached hydrogens (tertiary/aromatic N) is 7. The Morgan fingerprint density at radius 2 is 1.97 bits per heavy atom. The predicted molar refractivity (Wildman–Crippen MR) is 146 cm³/mol. The van der Waals surface area contributed by atoms with Crippen LogP contribution in [0.25, 0.3) is 16.7 Å². The Hall–Kier alpha value is -2.63. The summed E-state index contributed by atoms with van der Waals surface area (Å²) in [6, 6.07) is 1.76. The molecule has 11 heteroatoms. The van der Waals surface area contributed by atoms with Gasteiger partial charge in [-0.25, -0.2) is 23.4 Å². The van der Waals surface area contributed by atoms with Gasteiger partial charge in [0.15, 0.2) is 11.5 Å². The maximum absolute atomic E-state index is 12.4. The van der Waals surface area contributed by atoms with Gasteiger partial charge < -0.3 is 14.8 Å². The van der Waals surface area contributed by atoms with E-state index in [9.17, 15) is 8.42 Å². The summed E-state index contributed by atoms with van der Waals surface area (Å²) in [4.78, 5) is 27.9. The minimum Gasteiger partial charge on any atom is -0.357 e. The maximum Gasteiger partial charge on any atom is 0.211 e. The SMILES string of the molecule is CC1CC(N=C2N=C(N3CCN(C)CC3)C3CC3(C)C=C2c2cnc3[nH]ccc3n2)CN(S(C)(=O)=O)C1. The first-order valence-corrected chi connectivity index (χ1v) is 15.0. The number of rotatable bonds is 3. The van der Waals surface area contributed by atoms with Crippen LogP contribution in [0.4, 0.5) is 0 Å². The Labute approximate surface area is 218 Å². The lowest BCUT2D eigenvalue weighted by molar-refractivity contribution is 0.212. The van der Waals surface area contributed by atoms with Gasteiger partial charge in [-0.2, -0.15) is 4.31 Å². The number of sulfonamides is 1. The number of aliphatic imine (C=N–C) groups is 2. The number of piperidine rings is 1. The van der Waals surface area contributed by atoms with Crippen molar-refractivity contribution >= 4 is 38.4 Å². The zero-order valence-electron chi connectivity index (χ0n) is 22.1. The summed E-state index contributed by atoms with van der Waals surface area (Å²) in [6.45, 7) is 9.21. The van der Waals surface area contributed by atoms with E-state index >= 15 is 0 Å². The minimum atomic E-state index is -3.29. The van der Waals surface area contributed by atoms with Crippen molar-refractivity contribution in [2.24, 2.45) is 27.2 Å². The smallest absolute Gasteiger partial charge is 0.211 e. The normalized spacial score (nSPS) is 32.7. The predicted octanol–water partition coefficient (Wildman–Crippen LogP) is 2.10. The van der Waals surface area contributed by atoms with Crippen molar-refractivity contribution in [1.29, 1.82) is 0 Å². The molecular weight excluding hydrogens is 488 g/mol. The molecule has 1 aliphatic carbocycles. The zero-order valence-corrected chi connectivity index (χ0v) is 22.9. The molecule has 0 bridgehead atoms. The molecule has 1 N–H and O–H groups in total. The van der Waals surface area contributed by atoms with Gasteiger partial charge >= 0.3 is 0 Å². The largest absolute Gasteiger partial charge is 0.357 e. The molecule has 37 heavy (non-hydrogen) atoms. The van der Waals surface area contributed by atoms with E-state index in [0.29, 0.717) is 24.8 Å². The number of aromatic nitrogens is 3. The Kier molecular flexibility index (Phi) is 6.00. The molecule has 5 heterocycles. The standard InChI is InChI=1S/C26H36N8O2S/c1-17-11-18(16-34(15-17)37(4,35)36)29-23-19(22-14-28-24-21(30-22)5-6-27-24)12-26(2)13-20(26)25(31-23)33-9-7-32(3)8-10-33/h5-6,12,14,17-18,20H,7-11,13,15-16H2,1-4H3,(H,27,28). The summed E-state index contributed by atoms with van der Waals surface area (Å²) in [7, 11) is -1.13. The number of amidine groups is 2. The number of H-pyrrole nitrogens is 1. The van der Waals surface area contributed by atoms with Gasteiger partial charge in [0.05, 0.1) is 24.2 Å². The van der Waals surface area contributed by atoms with Gasteiger partial charge in [-0.05, 0) is 37.3 Å². The first-order chi connectivity index (χ1) is 17.6. The number of aromatic amines is 1. The highest BCUT2D eigenvalue weighted by molar-refractivity contribution is 7.88. The number of nitrogens with one attached hydrogen (secondary N) is 1. The van der Waals surface area contributed by atoms with Gasteiger partial charge in [0, 0.05) is 57.0 Å². The minimum absolute atomic E-state index is 0.0117. The van der Waals surface area contributed by atoms with Crippen LogP contribution in [-0.2, 0) is 10.0 Å². The van der Waals surface area contributed by atoms with E-state index < -0.39 is 10.0 Å². The highest BCUT2D eigenvalue weighted by Gasteiger charge is 2.54. The fourth-order valence-electron chi connectivity index (χ4n) is 5.95. The maximum atomic E-state index is 12.4. The van der Waals surface area contributed by atoms with Crippen LogP contribution in [-0.4, -0.2) is 108 Å². The monoisotopic (exact) mass is 524 g/mol. The van der Waals surface area contributed by atoms with Crippen LogP contribution in [0.5, 0.6) is 0 Å². The summed E-state index contributed by atoms with van der Waals surface area (Å²) < 4.78 is 26.3. The van der Waals surface area contributed by atoms with Gasteiger partial charge in [0.25, 0.3) is 0 Å². The molecule has 3 aliphatic heterocycles. The van der Waals surface area contributed by atoms with Crippen molar-refractivity contribution in [2.45, 2.75) is 32.7 Å². The van der Waals surface area contributed by atoms with Crippen LogP contribution >= 0.6 is 0 Å². The summed E-state index contributed by atoms with van der Waals surface area (Å²) in [5.41, 5.74) is 3.19. The molecule has 6 rings (SSSR count). The number of hydrogen-bond donors (Lipinski definition) is 1. The topological polar surface area (TPSA) is 110 Å². The van der Waals surface area contributed by atoms with Crippen molar-refractivity contribution in [3.63, 3.8) is 0 Å². The Morgan fingerprint density at radius 3 is 2.73 bits per heavy atom. The third-order valence-electron chi connectivity index (χ3n) is 8.27. The lowest BCUT2D eigenvalue weighted by Crippen LogP contribution is -2.48. The van der Waals surface area contributed by atoms with Crippen LogP contribution in [0.2, 0.25) is 0 Å². The van der Waals surface area contributed by atoms with Crippen LogP contribution < -0.4 is 0 Å². The average molecular weight is 525 g/mol. The van der Waals surface area contributed by atoms with Crippen LogP contribution in [0.1, 0.15) is 32.4 Å². The quantitative estimate of drug-likeness (QED) is 0.659. The number of hydrogen-bond acceptors (Lipinski definition) is 7. The lowest BCUT2D eigenvalue weighted by atomic mass is 9.97. The molecule has 1 saturated carbocycles. The fourth-order valence-corrected chi connectivity index (χ4v) is 6.92. The highest BCUT2D eigenvalue weighted by Crippen LogP contribution is 2.57. The van der Waals surface area contributed by atoms with Gasteiger partial charge in [0.2, 0.25) is 10.0 Å². The van der Waals surface area contributed by atoms with Crippen molar-refractivity contribution in [2.75, 3.05) is 52.6 Å². The van der Waals surface area contributed by atoms with Crippen molar-refractivity contribution in [3.8, 4) is 0 Å². The van der Waals surface area contributed by atoms with Crippen LogP contribution in [0, 0.1) is 17.3 Å². The first kappa shape index (κ1) is 24.7.